The van der Waals surface area contributed by atoms with Gasteiger partial charge < -0.3 is 5.11 Å². The third-order valence-electron chi connectivity index (χ3n) is 6.36. The van der Waals surface area contributed by atoms with E-state index in [9.17, 15) is 19.5 Å². The fourth-order valence-electron chi connectivity index (χ4n) is 5.51. The minimum absolute atomic E-state index is 0.248. The number of carboxylic acid groups (broad SMARTS) is 1. The minimum Gasteiger partial charge on any atom is -0.480 e. The van der Waals surface area contributed by atoms with Crippen molar-refractivity contribution in [2.75, 3.05) is 6.54 Å². The van der Waals surface area contributed by atoms with Gasteiger partial charge in [-0.25, -0.2) is 0 Å². The molecule has 6 rings (SSSR count). The van der Waals surface area contributed by atoms with E-state index >= 15 is 0 Å². The van der Waals surface area contributed by atoms with E-state index in [1.807, 2.05) is 24.3 Å². The monoisotopic (exact) mass is 347 g/mol. The summed E-state index contributed by atoms with van der Waals surface area (Å²) in [4.78, 5) is 40.2. The second-order valence-corrected chi connectivity index (χ2v) is 7.19. The van der Waals surface area contributed by atoms with Crippen molar-refractivity contribution in [1.82, 2.24) is 4.90 Å². The second kappa shape index (κ2) is 4.81. The fraction of sp³-hybridized carbons (Fsp3) is 0.286. The number of nitrogens with zero attached hydrogens (tertiary/aromatic N) is 1. The zero-order valence-corrected chi connectivity index (χ0v) is 14.2. The summed E-state index contributed by atoms with van der Waals surface area (Å²) in [7, 11) is 0. The van der Waals surface area contributed by atoms with Gasteiger partial charge >= 0.3 is 5.97 Å². The fourth-order valence-corrected chi connectivity index (χ4v) is 5.51. The number of amides is 2. The predicted octanol–water partition coefficient (Wildman–Crippen LogP) is 2.14. The zero-order valence-electron chi connectivity index (χ0n) is 14.2. The summed E-state index contributed by atoms with van der Waals surface area (Å²) >= 11 is 0. The number of hydrogen-bond acceptors (Lipinski definition) is 3. The topological polar surface area (TPSA) is 74.7 Å². The van der Waals surface area contributed by atoms with Gasteiger partial charge in [0.1, 0.15) is 5.41 Å². The van der Waals surface area contributed by atoms with Crippen LogP contribution >= 0.6 is 0 Å². The molecule has 1 saturated heterocycles. The molecule has 0 spiro atoms. The Hall–Kier alpha value is -2.95. The van der Waals surface area contributed by atoms with Crippen molar-refractivity contribution in [1.29, 1.82) is 0 Å². The highest BCUT2D eigenvalue weighted by Crippen LogP contribution is 2.64. The highest BCUT2D eigenvalue weighted by Gasteiger charge is 2.70. The molecule has 130 valence electrons. The van der Waals surface area contributed by atoms with Gasteiger partial charge in [-0.1, -0.05) is 48.5 Å². The third kappa shape index (κ3) is 1.43. The van der Waals surface area contributed by atoms with Crippen LogP contribution in [0.2, 0.25) is 0 Å². The minimum atomic E-state index is -1.51. The van der Waals surface area contributed by atoms with Gasteiger partial charge in [0.25, 0.3) is 0 Å². The van der Waals surface area contributed by atoms with Gasteiger partial charge in [-0.15, -0.1) is 0 Å². The average Bonchev–Trinajstić information content (AvgIpc) is 2.92. The van der Waals surface area contributed by atoms with E-state index < -0.39 is 23.2 Å². The molecule has 26 heavy (non-hydrogen) atoms. The third-order valence-corrected chi connectivity index (χ3v) is 6.36. The van der Waals surface area contributed by atoms with Crippen molar-refractivity contribution >= 4 is 17.8 Å². The van der Waals surface area contributed by atoms with Gasteiger partial charge in [-0.2, -0.15) is 0 Å². The van der Waals surface area contributed by atoms with E-state index in [1.54, 1.807) is 31.2 Å². The summed E-state index contributed by atoms with van der Waals surface area (Å²) in [5.74, 6) is -3.49. The van der Waals surface area contributed by atoms with Crippen LogP contribution in [0, 0.1) is 11.8 Å². The van der Waals surface area contributed by atoms with E-state index in [2.05, 4.69) is 0 Å². The Morgan fingerprint density at radius 3 is 2.04 bits per heavy atom. The molecule has 0 unspecified atom stereocenters. The second-order valence-electron chi connectivity index (χ2n) is 7.19. The number of carbonyl (C=O) groups excluding carboxylic acids is 2. The Kier molecular flexibility index (Phi) is 2.84. The molecule has 0 saturated carbocycles. The molecule has 1 aliphatic heterocycles. The number of aliphatic carboxylic acids is 1. The standard InChI is InChI=1S/C21H17NO4/c1-2-22-18(23)16-15-11-7-3-5-9-13(11)21(20(25)26,17(16)19(22)24)14-10-6-4-8-12(14)15/h3-10,15-17H,2H2,1H3,(H,25,26)/t15?,16-,17+,21?/m0/s1. The molecule has 5 nitrogen and oxygen atoms in total. The Labute approximate surface area is 150 Å². The molecule has 1 N–H and O–H groups in total. The Balaban J connectivity index is 1.95. The molecular formula is C21H17NO4. The SMILES string of the molecule is CCN1C(=O)[C@H]2C3c4ccccc4C(C(=O)O)(c4ccccc43)[C@H]2C1=O. The molecule has 4 aliphatic rings. The van der Waals surface area contributed by atoms with Crippen LogP contribution in [-0.4, -0.2) is 34.3 Å². The van der Waals surface area contributed by atoms with Crippen LogP contribution < -0.4 is 0 Å². The largest absolute Gasteiger partial charge is 0.480 e. The summed E-state index contributed by atoms with van der Waals surface area (Å²) in [5, 5.41) is 10.4. The summed E-state index contributed by atoms with van der Waals surface area (Å²) in [6, 6.07) is 14.7. The van der Waals surface area contributed by atoms with Gasteiger partial charge in [0, 0.05) is 12.5 Å². The molecule has 0 radical (unpaired) electrons. The smallest absolute Gasteiger partial charge is 0.319 e. The van der Waals surface area contributed by atoms with Crippen LogP contribution in [0.4, 0.5) is 0 Å². The van der Waals surface area contributed by atoms with Crippen molar-refractivity contribution in [3.63, 3.8) is 0 Å². The van der Waals surface area contributed by atoms with E-state index in [4.69, 9.17) is 0 Å². The molecule has 2 bridgehead atoms. The molecule has 1 fully saturated rings. The number of carboxylic acids is 1. The molecule has 0 aromatic heterocycles. The zero-order chi connectivity index (χ0) is 18.2. The van der Waals surface area contributed by atoms with Crippen LogP contribution in [-0.2, 0) is 19.8 Å². The maximum atomic E-state index is 13.1. The number of benzene rings is 2. The lowest BCUT2D eigenvalue weighted by Crippen LogP contribution is -2.57. The normalized spacial score (nSPS) is 30.8. The maximum absolute atomic E-state index is 13.1. The number of likely N-dealkylation sites (tertiary alicyclic amines) is 1. The molecule has 3 aliphatic carbocycles. The lowest BCUT2D eigenvalue weighted by atomic mass is 9.47. The molecule has 2 aromatic rings. The number of rotatable bonds is 2. The van der Waals surface area contributed by atoms with Crippen molar-refractivity contribution in [2.24, 2.45) is 11.8 Å². The van der Waals surface area contributed by atoms with Crippen LogP contribution in [0.5, 0.6) is 0 Å². The van der Waals surface area contributed by atoms with Gasteiger partial charge in [0.2, 0.25) is 11.8 Å². The highest BCUT2D eigenvalue weighted by molar-refractivity contribution is 6.12. The number of carbonyl (C=O) groups is 3. The van der Waals surface area contributed by atoms with Crippen molar-refractivity contribution < 1.29 is 19.5 Å². The molecule has 2 amide bonds. The van der Waals surface area contributed by atoms with Crippen LogP contribution in [0.1, 0.15) is 35.1 Å². The van der Waals surface area contributed by atoms with E-state index in [1.165, 1.54) is 4.90 Å². The van der Waals surface area contributed by atoms with Crippen molar-refractivity contribution in [3.05, 3.63) is 70.8 Å². The quantitative estimate of drug-likeness (QED) is 0.845. The predicted molar refractivity (Wildman–Crippen MR) is 92.5 cm³/mol. The van der Waals surface area contributed by atoms with E-state index in [0.29, 0.717) is 11.1 Å². The summed E-state index contributed by atoms with van der Waals surface area (Å²) in [6.45, 7) is 2.02. The first-order chi connectivity index (χ1) is 12.5. The first-order valence-electron chi connectivity index (χ1n) is 8.82. The van der Waals surface area contributed by atoms with Crippen molar-refractivity contribution in [3.8, 4) is 0 Å². The molecule has 2 atom stereocenters. The highest BCUT2D eigenvalue weighted by atomic mass is 16.4. The maximum Gasteiger partial charge on any atom is 0.319 e. The van der Waals surface area contributed by atoms with Crippen LogP contribution in [0.3, 0.4) is 0 Å². The molecular weight excluding hydrogens is 330 g/mol. The lowest BCUT2D eigenvalue weighted by Gasteiger charge is -2.51. The van der Waals surface area contributed by atoms with Gasteiger partial charge in [0.15, 0.2) is 0 Å². The van der Waals surface area contributed by atoms with Crippen LogP contribution in [0.25, 0.3) is 0 Å². The van der Waals surface area contributed by atoms with Gasteiger partial charge in [-0.05, 0) is 29.2 Å². The summed E-state index contributed by atoms with van der Waals surface area (Å²) in [5.41, 5.74) is 1.50. The molecule has 1 heterocycles. The number of hydrogen-bond donors (Lipinski definition) is 1. The Bertz CT molecular complexity index is 948. The first kappa shape index (κ1) is 15.3. The van der Waals surface area contributed by atoms with Gasteiger partial charge in [0.05, 0.1) is 11.8 Å². The Morgan fingerprint density at radius 1 is 1.00 bits per heavy atom. The number of imide groups is 1. The Morgan fingerprint density at radius 2 is 1.54 bits per heavy atom. The van der Waals surface area contributed by atoms with E-state index in [-0.39, 0.29) is 24.3 Å². The lowest BCUT2D eigenvalue weighted by molar-refractivity contribution is -0.150. The van der Waals surface area contributed by atoms with Crippen LogP contribution in [0.15, 0.2) is 48.5 Å². The van der Waals surface area contributed by atoms with Crippen molar-refractivity contribution in [2.45, 2.75) is 18.3 Å². The van der Waals surface area contributed by atoms with E-state index in [0.717, 1.165) is 11.1 Å². The first-order valence-corrected chi connectivity index (χ1v) is 8.82. The average molecular weight is 347 g/mol. The molecule has 2 aromatic carbocycles. The van der Waals surface area contributed by atoms with Gasteiger partial charge in [-0.3, -0.25) is 19.3 Å². The summed E-state index contributed by atoms with van der Waals surface area (Å²) < 4.78 is 0. The molecule has 5 heteroatoms. The summed E-state index contributed by atoms with van der Waals surface area (Å²) in [6.07, 6.45) is 0.